The molecule has 0 atom stereocenters. The zero-order valence-electron chi connectivity index (χ0n) is 14.3. The summed E-state index contributed by atoms with van der Waals surface area (Å²) < 4.78 is 37.9. The fourth-order valence-electron chi connectivity index (χ4n) is 2.48. The first-order valence-corrected chi connectivity index (χ1v) is 9.57. The van der Waals surface area contributed by atoms with E-state index in [1.807, 2.05) is 24.3 Å². The van der Waals surface area contributed by atoms with Crippen molar-refractivity contribution in [3.8, 4) is 5.75 Å². The van der Waals surface area contributed by atoms with Gasteiger partial charge in [0.2, 0.25) is 10.0 Å². The Hall–Kier alpha value is -1.86. The minimum absolute atomic E-state index is 0.133. The largest absolute Gasteiger partial charge is 0.493 e. The van der Waals surface area contributed by atoms with Crippen LogP contribution in [0.3, 0.4) is 0 Å². The van der Waals surface area contributed by atoms with Crippen LogP contribution < -0.4 is 9.46 Å². The lowest BCUT2D eigenvalue weighted by Crippen LogP contribution is -2.26. The molecule has 1 aromatic heterocycles. The van der Waals surface area contributed by atoms with Crippen LogP contribution in [0.25, 0.3) is 0 Å². The molecule has 7 heteroatoms. The molecule has 0 unspecified atom stereocenters. The number of sulfonamides is 1. The highest BCUT2D eigenvalue weighted by Crippen LogP contribution is 2.21. The molecule has 0 bridgehead atoms. The first-order valence-electron chi connectivity index (χ1n) is 8.09. The van der Waals surface area contributed by atoms with Gasteiger partial charge in [-0.3, -0.25) is 0 Å². The van der Waals surface area contributed by atoms with Gasteiger partial charge in [-0.2, -0.15) is 0 Å². The van der Waals surface area contributed by atoms with E-state index >= 15 is 0 Å². The maximum absolute atomic E-state index is 12.3. The zero-order chi connectivity index (χ0) is 17.6. The molecule has 0 aliphatic carbocycles. The highest BCUT2D eigenvalue weighted by atomic mass is 32.2. The number of aryl methyl sites for hydroxylation is 3. The molecule has 0 amide bonds. The van der Waals surface area contributed by atoms with Gasteiger partial charge < -0.3 is 9.26 Å². The van der Waals surface area contributed by atoms with E-state index in [1.165, 1.54) is 0 Å². The number of ether oxygens (including phenoxy) is 1. The Morgan fingerprint density at radius 3 is 2.67 bits per heavy atom. The van der Waals surface area contributed by atoms with Gasteiger partial charge in [-0.05, 0) is 44.7 Å². The molecule has 0 fully saturated rings. The Balaban J connectivity index is 1.92. The monoisotopic (exact) mass is 352 g/mol. The van der Waals surface area contributed by atoms with Crippen molar-refractivity contribution in [2.75, 3.05) is 13.2 Å². The smallest absolute Gasteiger partial charge is 0.245 e. The van der Waals surface area contributed by atoms with Crippen LogP contribution in [0, 0.1) is 13.8 Å². The van der Waals surface area contributed by atoms with E-state index < -0.39 is 10.0 Å². The molecule has 6 nitrogen and oxygen atoms in total. The van der Waals surface area contributed by atoms with Gasteiger partial charge in [0.25, 0.3) is 0 Å². The standard InChI is InChI=1S/C17H24N2O4S/c1-4-12-22-16-10-6-5-8-15(16)9-7-11-18-24(20,21)17-13(2)19-23-14(17)3/h5-6,8,10,18H,4,7,9,11-12H2,1-3H3. The van der Waals surface area contributed by atoms with Gasteiger partial charge >= 0.3 is 0 Å². The van der Waals surface area contributed by atoms with E-state index in [0.29, 0.717) is 31.0 Å². The summed E-state index contributed by atoms with van der Waals surface area (Å²) >= 11 is 0. The van der Waals surface area contributed by atoms with E-state index in [0.717, 1.165) is 24.2 Å². The first-order chi connectivity index (χ1) is 11.5. The second-order valence-electron chi connectivity index (χ2n) is 5.61. The Bertz CT molecular complexity index is 749. The SMILES string of the molecule is CCCOc1ccccc1CCCNS(=O)(=O)c1c(C)noc1C. The molecule has 2 aromatic rings. The lowest BCUT2D eigenvalue weighted by atomic mass is 10.1. The number of hydrogen-bond acceptors (Lipinski definition) is 5. The van der Waals surface area contributed by atoms with Crippen molar-refractivity contribution in [3.63, 3.8) is 0 Å². The predicted octanol–water partition coefficient (Wildman–Crippen LogP) is 2.99. The average molecular weight is 352 g/mol. The molecule has 2 rings (SSSR count). The molecule has 0 spiro atoms. The molecule has 0 saturated carbocycles. The lowest BCUT2D eigenvalue weighted by Gasteiger charge is -2.11. The van der Waals surface area contributed by atoms with Crippen molar-refractivity contribution in [2.24, 2.45) is 0 Å². The van der Waals surface area contributed by atoms with Gasteiger partial charge in [-0.15, -0.1) is 0 Å². The molecule has 1 aromatic carbocycles. The normalized spacial score (nSPS) is 11.6. The van der Waals surface area contributed by atoms with E-state index in [4.69, 9.17) is 9.26 Å². The number of hydrogen-bond donors (Lipinski definition) is 1. The van der Waals surface area contributed by atoms with Crippen molar-refractivity contribution in [2.45, 2.75) is 44.9 Å². The molecule has 0 saturated heterocycles. The lowest BCUT2D eigenvalue weighted by molar-refractivity contribution is 0.314. The van der Waals surface area contributed by atoms with Gasteiger partial charge in [0.15, 0.2) is 5.76 Å². The van der Waals surface area contributed by atoms with Crippen LogP contribution in [-0.4, -0.2) is 26.7 Å². The Kier molecular flexibility index (Phi) is 6.39. The second-order valence-corrected chi connectivity index (χ2v) is 7.31. The van der Waals surface area contributed by atoms with Crippen LogP contribution in [0.1, 0.15) is 36.8 Å². The van der Waals surface area contributed by atoms with Gasteiger partial charge in [0.1, 0.15) is 16.3 Å². The summed E-state index contributed by atoms with van der Waals surface area (Å²) in [6.45, 7) is 6.29. The summed E-state index contributed by atoms with van der Waals surface area (Å²) in [6.07, 6.45) is 2.37. The quantitative estimate of drug-likeness (QED) is 0.702. The van der Waals surface area contributed by atoms with Crippen LogP contribution in [0.15, 0.2) is 33.7 Å². The van der Waals surface area contributed by atoms with E-state index in [9.17, 15) is 8.42 Å². The summed E-state index contributed by atoms with van der Waals surface area (Å²) in [5, 5.41) is 3.69. The summed E-state index contributed by atoms with van der Waals surface area (Å²) in [4.78, 5) is 0.133. The van der Waals surface area contributed by atoms with Crippen molar-refractivity contribution in [1.82, 2.24) is 9.88 Å². The van der Waals surface area contributed by atoms with Crippen molar-refractivity contribution < 1.29 is 17.7 Å². The summed E-state index contributed by atoms with van der Waals surface area (Å²) in [5.41, 5.74) is 1.46. The third kappa shape index (κ3) is 4.58. The topological polar surface area (TPSA) is 81.4 Å². The highest BCUT2D eigenvalue weighted by Gasteiger charge is 2.23. The van der Waals surface area contributed by atoms with Crippen LogP contribution in [0.2, 0.25) is 0 Å². The van der Waals surface area contributed by atoms with E-state index in [-0.39, 0.29) is 4.90 Å². The summed E-state index contributed by atoms with van der Waals surface area (Å²) in [7, 11) is -3.59. The molecule has 0 radical (unpaired) electrons. The maximum atomic E-state index is 12.3. The molecule has 1 heterocycles. The molecular weight excluding hydrogens is 328 g/mol. The molecule has 0 aliphatic rings. The van der Waals surface area contributed by atoms with Crippen molar-refractivity contribution in [3.05, 3.63) is 41.3 Å². The van der Waals surface area contributed by atoms with E-state index in [2.05, 4.69) is 16.8 Å². The number of nitrogens with zero attached hydrogens (tertiary/aromatic N) is 1. The first kappa shape index (κ1) is 18.5. The molecule has 0 aliphatic heterocycles. The second kappa shape index (κ2) is 8.30. The van der Waals surface area contributed by atoms with Crippen molar-refractivity contribution >= 4 is 10.0 Å². The number of para-hydroxylation sites is 1. The van der Waals surface area contributed by atoms with Gasteiger partial charge in [0.05, 0.1) is 6.61 Å². The van der Waals surface area contributed by atoms with Crippen LogP contribution in [0.5, 0.6) is 5.75 Å². The zero-order valence-corrected chi connectivity index (χ0v) is 15.1. The Morgan fingerprint density at radius 1 is 1.25 bits per heavy atom. The minimum Gasteiger partial charge on any atom is -0.493 e. The van der Waals surface area contributed by atoms with Crippen LogP contribution in [-0.2, 0) is 16.4 Å². The van der Waals surface area contributed by atoms with Gasteiger partial charge in [0, 0.05) is 6.54 Å². The molecular formula is C17H24N2O4S. The van der Waals surface area contributed by atoms with Crippen molar-refractivity contribution in [1.29, 1.82) is 0 Å². The number of nitrogens with one attached hydrogen (secondary N) is 1. The van der Waals surface area contributed by atoms with Gasteiger partial charge in [-0.1, -0.05) is 30.3 Å². The average Bonchev–Trinajstić information content (AvgIpc) is 2.90. The molecule has 1 N–H and O–H groups in total. The summed E-state index contributed by atoms with van der Waals surface area (Å²) in [5.74, 6) is 1.17. The number of benzene rings is 1. The highest BCUT2D eigenvalue weighted by molar-refractivity contribution is 7.89. The number of aromatic nitrogens is 1. The van der Waals surface area contributed by atoms with Crippen LogP contribution >= 0.6 is 0 Å². The molecule has 24 heavy (non-hydrogen) atoms. The third-order valence-electron chi connectivity index (χ3n) is 3.59. The number of rotatable bonds is 9. The third-order valence-corrected chi connectivity index (χ3v) is 5.29. The summed E-state index contributed by atoms with van der Waals surface area (Å²) in [6, 6.07) is 7.85. The fraction of sp³-hybridized carbons (Fsp3) is 0.471. The Morgan fingerprint density at radius 2 is 2.00 bits per heavy atom. The predicted molar refractivity (Wildman–Crippen MR) is 91.7 cm³/mol. The van der Waals surface area contributed by atoms with Gasteiger partial charge in [-0.25, -0.2) is 13.1 Å². The fourth-order valence-corrected chi connectivity index (χ4v) is 3.88. The molecule has 132 valence electrons. The Labute approximate surface area is 143 Å². The maximum Gasteiger partial charge on any atom is 0.245 e. The van der Waals surface area contributed by atoms with E-state index in [1.54, 1.807) is 13.8 Å². The van der Waals surface area contributed by atoms with Crippen LogP contribution in [0.4, 0.5) is 0 Å². The minimum atomic E-state index is -3.59.